The van der Waals surface area contributed by atoms with E-state index in [1.165, 1.54) is 16.2 Å². The third-order valence-corrected chi connectivity index (χ3v) is 6.05. The average Bonchev–Trinajstić information content (AvgIpc) is 2.68. The molecule has 7 heteroatoms. The molecule has 1 aliphatic rings. The SMILES string of the molecule is CCN(c1ccc(C(=O)N2CCN(c3ccccc3)CC2)cc1)S(C)(=O)=O. The summed E-state index contributed by atoms with van der Waals surface area (Å²) in [4.78, 5) is 16.9. The average molecular weight is 388 g/mol. The minimum Gasteiger partial charge on any atom is -0.368 e. The van der Waals surface area contributed by atoms with Gasteiger partial charge in [0.05, 0.1) is 11.9 Å². The van der Waals surface area contributed by atoms with E-state index in [1.54, 1.807) is 31.2 Å². The summed E-state index contributed by atoms with van der Waals surface area (Å²) < 4.78 is 25.0. The molecule has 1 heterocycles. The fourth-order valence-corrected chi connectivity index (χ4v) is 4.34. The molecular formula is C20H25N3O3S. The predicted molar refractivity (Wildman–Crippen MR) is 109 cm³/mol. The van der Waals surface area contributed by atoms with E-state index < -0.39 is 10.0 Å². The van der Waals surface area contributed by atoms with Crippen LogP contribution in [0, 0.1) is 0 Å². The van der Waals surface area contributed by atoms with E-state index in [0.717, 1.165) is 13.1 Å². The Morgan fingerprint density at radius 1 is 0.963 bits per heavy atom. The van der Waals surface area contributed by atoms with Gasteiger partial charge in [0.15, 0.2) is 0 Å². The van der Waals surface area contributed by atoms with E-state index in [0.29, 0.717) is 30.9 Å². The first-order chi connectivity index (χ1) is 12.9. The fraction of sp³-hybridized carbons (Fsp3) is 0.350. The normalized spacial score (nSPS) is 14.9. The van der Waals surface area contributed by atoms with Crippen LogP contribution >= 0.6 is 0 Å². The molecule has 3 rings (SSSR count). The predicted octanol–water partition coefficient (Wildman–Crippen LogP) is 2.43. The maximum absolute atomic E-state index is 12.8. The van der Waals surface area contributed by atoms with Gasteiger partial charge in [-0.25, -0.2) is 8.42 Å². The maximum atomic E-state index is 12.8. The van der Waals surface area contributed by atoms with Gasteiger partial charge in [-0.2, -0.15) is 0 Å². The Kier molecular flexibility index (Phi) is 5.70. The summed E-state index contributed by atoms with van der Waals surface area (Å²) in [6.07, 6.45) is 1.18. The van der Waals surface area contributed by atoms with Crippen molar-refractivity contribution < 1.29 is 13.2 Å². The first-order valence-electron chi connectivity index (χ1n) is 9.07. The third-order valence-electron chi connectivity index (χ3n) is 4.78. The molecule has 0 saturated carbocycles. The monoisotopic (exact) mass is 387 g/mol. The molecule has 0 aromatic heterocycles. The second-order valence-corrected chi connectivity index (χ2v) is 8.50. The first-order valence-corrected chi connectivity index (χ1v) is 10.9. The van der Waals surface area contributed by atoms with Crippen molar-refractivity contribution in [1.82, 2.24) is 4.90 Å². The highest BCUT2D eigenvalue weighted by atomic mass is 32.2. The number of benzene rings is 2. The van der Waals surface area contributed by atoms with Crippen molar-refractivity contribution in [2.45, 2.75) is 6.92 Å². The molecule has 1 amide bonds. The maximum Gasteiger partial charge on any atom is 0.253 e. The summed E-state index contributed by atoms with van der Waals surface area (Å²) >= 11 is 0. The summed E-state index contributed by atoms with van der Waals surface area (Å²) in [5.74, 6) is -0.0170. The number of anilines is 2. The number of carbonyl (C=O) groups excluding carboxylic acids is 1. The van der Waals surface area contributed by atoms with E-state index in [9.17, 15) is 13.2 Å². The summed E-state index contributed by atoms with van der Waals surface area (Å²) in [7, 11) is -3.32. The number of nitrogens with zero attached hydrogens (tertiary/aromatic N) is 3. The van der Waals surface area contributed by atoms with Crippen molar-refractivity contribution in [2.75, 3.05) is 48.2 Å². The van der Waals surface area contributed by atoms with Gasteiger partial charge in [0.1, 0.15) is 0 Å². The van der Waals surface area contributed by atoms with Crippen LogP contribution in [0.1, 0.15) is 17.3 Å². The second kappa shape index (κ2) is 8.00. The lowest BCUT2D eigenvalue weighted by molar-refractivity contribution is 0.0747. The topological polar surface area (TPSA) is 60.9 Å². The van der Waals surface area contributed by atoms with Crippen molar-refractivity contribution in [3.05, 3.63) is 60.2 Å². The lowest BCUT2D eigenvalue weighted by Gasteiger charge is -2.36. The Bertz CT molecular complexity index is 874. The summed E-state index contributed by atoms with van der Waals surface area (Å²) in [6, 6.07) is 17.0. The number of amides is 1. The van der Waals surface area contributed by atoms with Gasteiger partial charge in [-0.1, -0.05) is 18.2 Å². The van der Waals surface area contributed by atoms with Crippen LogP contribution < -0.4 is 9.21 Å². The fourth-order valence-electron chi connectivity index (χ4n) is 3.37. The van der Waals surface area contributed by atoms with E-state index in [1.807, 2.05) is 23.1 Å². The number of para-hydroxylation sites is 1. The number of piperazine rings is 1. The smallest absolute Gasteiger partial charge is 0.253 e. The molecular weight excluding hydrogens is 362 g/mol. The molecule has 0 radical (unpaired) electrons. The van der Waals surface area contributed by atoms with Crippen molar-refractivity contribution in [3.8, 4) is 0 Å². The largest absolute Gasteiger partial charge is 0.368 e. The number of sulfonamides is 1. The van der Waals surface area contributed by atoms with Crippen LogP contribution in [0.25, 0.3) is 0 Å². The number of rotatable bonds is 5. The van der Waals surface area contributed by atoms with Crippen molar-refractivity contribution in [1.29, 1.82) is 0 Å². The lowest BCUT2D eigenvalue weighted by atomic mass is 10.1. The molecule has 1 aliphatic heterocycles. The number of carbonyl (C=O) groups is 1. The van der Waals surface area contributed by atoms with Gasteiger partial charge >= 0.3 is 0 Å². The minimum atomic E-state index is -3.32. The van der Waals surface area contributed by atoms with Crippen LogP contribution in [0.4, 0.5) is 11.4 Å². The van der Waals surface area contributed by atoms with Gasteiger partial charge in [0.2, 0.25) is 10.0 Å². The van der Waals surface area contributed by atoms with Crippen LogP contribution in [0.15, 0.2) is 54.6 Å². The molecule has 0 spiro atoms. The Morgan fingerprint density at radius 2 is 1.56 bits per heavy atom. The molecule has 0 aliphatic carbocycles. The van der Waals surface area contributed by atoms with Gasteiger partial charge in [0.25, 0.3) is 5.91 Å². The molecule has 2 aromatic rings. The lowest BCUT2D eigenvalue weighted by Crippen LogP contribution is -2.48. The molecule has 0 unspecified atom stereocenters. The third kappa shape index (κ3) is 4.42. The van der Waals surface area contributed by atoms with Crippen LogP contribution in [0.5, 0.6) is 0 Å². The van der Waals surface area contributed by atoms with E-state index in [2.05, 4.69) is 17.0 Å². The Hall–Kier alpha value is -2.54. The molecule has 2 aromatic carbocycles. The van der Waals surface area contributed by atoms with Crippen molar-refractivity contribution >= 4 is 27.3 Å². The van der Waals surface area contributed by atoms with Crippen LogP contribution in [0.3, 0.4) is 0 Å². The molecule has 6 nitrogen and oxygen atoms in total. The second-order valence-electron chi connectivity index (χ2n) is 6.59. The van der Waals surface area contributed by atoms with E-state index in [-0.39, 0.29) is 5.91 Å². The number of hydrogen-bond acceptors (Lipinski definition) is 4. The molecule has 1 saturated heterocycles. The molecule has 0 bridgehead atoms. The Morgan fingerprint density at radius 3 is 2.07 bits per heavy atom. The van der Waals surface area contributed by atoms with Crippen LogP contribution in [0.2, 0.25) is 0 Å². The molecule has 0 N–H and O–H groups in total. The highest BCUT2D eigenvalue weighted by Crippen LogP contribution is 2.20. The van der Waals surface area contributed by atoms with Crippen LogP contribution in [-0.2, 0) is 10.0 Å². The zero-order chi connectivity index (χ0) is 19.4. The van der Waals surface area contributed by atoms with Crippen molar-refractivity contribution in [2.24, 2.45) is 0 Å². The quantitative estimate of drug-likeness (QED) is 0.791. The summed E-state index contributed by atoms with van der Waals surface area (Å²) in [5, 5.41) is 0. The zero-order valence-electron chi connectivity index (χ0n) is 15.7. The van der Waals surface area contributed by atoms with Gasteiger partial charge < -0.3 is 9.80 Å². The first kappa shape index (κ1) is 19.2. The highest BCUT2D eigenvalue weighted by molar-refractivity contribution is 7.92. The van der Waals surface area contributed by atoms with Gasteiger partial charge in [-0.3, -0.25) is 9.10 Å². The Balaban J connectivity index is 1.65. The van der Waals surface area contributed by atoms with Gasteiger partial charge in [0, 0.05) is 44.0 Å². The molecule has 0 atom stereocenters. The van der Waals surface area contributed by atoms with Gasteiger partial charge in [-0.15, -0.1) is 0 Å². The number of hydrogen-bond donors (Lipinski definition) is 0. The van der Waals surface area contributed by atoms with E-state index >= 15 is 0 Å². The zero-order valence-corrected chi connectivity index (χ0v) is 16.5. The van der Waals surface area contributed by atoms with Gasteiger partial charge in [-0.05, 0) is 43.3 Å². The van der Waals surface area contributed by atoms with Crippen molar-refractivity contribution in [3.63, 3.8) is 0 Å². The Labute approximate surface area is 161 Å². The summed E-state index contributed by atoms with van der Waals surface area (Å²) in [6.45, 7) is 5.07. The molecule has 27 heavy (non-hydrogen) atoms. The molecule has 144 valence electrons. The summed E-state index contributed by atoms with van der Waals surface area (Å²) in [5.41, 5.74) is 2.33. The highest BCUT2D eigenvalue weighted by Gasteiger charge is 2.23. The molecule has 1 fully saturated rings. The minimum absolute atomic E-state index is 0.0170. The van der Waals surface area contributed by atoms with E-state index in [4.69, 9.17) is 0 Å². The standard InChI is InChI=1S/C20H25N3O3S/c1-3-23(27(2,25)26)19-11-9-17(10-12-19)20(24)22-15-13-21(14-16-22)18-7-5-4-6-8-18/h4-12H,3,13-16H2,1-2H3. The van der Waals surface area contributed by atoms with Crippen LogP contribution in [-0.4, -0.2) is 58.2 Å².